The monoisotopic (exact) mass is 291 g/mol. The molecule has 1 aromatic heterocycles. The number of fused-ring (bicyclic) bond motifs is 1. The van der Waals surface area contributed by atoms with Gasteiger partial charge in [-0.05, 0) is 31.0 Å². The first-order chi connectivity index (χ1) is 8.16. The summed E-state index contributed by atoms with van der Waals surface area (Å²) in [6.07, 6.45) is 3.37. The number of Topliss-reactive ketones (excluding diaryl/α,β-unsaturated/α-hetero) is 1. The van der Waals surface area contributed by atoms with Crippen molar-refractivity contribution in [1.29, 1.82) is 0 Å². The number of nitrogens with one attached hydrogen (secondary N) is 1. The molecule has 0 bridgehead atoms. The largest absolute Gasteiger partial charge is 0.360 e. The summed E-state index contributed by atoms with van der Waals surface area (Å²) in [7, 11) is 0. The molecule has 0 radical (unpaired) electrons. The Morgan fingerprint density at radius 2 is 2.12 bits per heavy atom. The van der Waals surface area contributed by atoms with Gasteiger partial charge in [0, 0.05) is 22.0 Å². The van der Waals surface area contributed by atoms with Crippen LogP contribution in [0.1, 0.15) is 23.2 Å². The predicted octanol–water partition coefficient (Wildman–Crippen LogP) is 2.88. The third-order valence-electron chi connectivity index (χ3n) is 3.06. The second kappa shape index (κ2) is 3.81. The molecule has 1 aliphatic carbocycles. The fraction of sp³-hybridized carbons (Fsp3) is 0.231. The highest BCUT2D eigenvalue weighted by Gasteiger charge is 2.32. The van der Waals surface area contributed by atoms with Gasteiger partial charge in [0.1, 0.15) is 0 Å². The summed E-state index contributed by atoms with van der Waals surface area (Å²) in [4.78, 5) is 27.1. The molecule has 1 saturated carbocycles. The summed E-state index contributed by atoms with van der Waals surface area (Å²) in [5, 5.41) is 0.569. The Morgan fingerprint density at radius 3 is 2.82 bits per heavy atom. The number of hydrogen-bond acceptors (Lipinski definition) is 2. The van der Waals surface area contributed by atoms with Gasteiger partial charge >= 0.3 is 0 Å². The minimum atomic E-state index is -0.164. The van der Waals surface area contributed by atoms with Crippen LogP contribution in [0.5, 0.6) is 0 Å². The van der Waals surface area contributed by atoms with Crippen molar-refractivity contribution in [1.82, 2.24) is 4.98 Å². The van der Waals surface area contributed by atoms with E-state index in [2.05, 4.69) is 20.9 Å². The maximum atomic E-state index is 12.2. The molecule has 1 aliphatic rings. The lowest BCUT2D eigenvalue weighted by Gasteiger charge is -2.02. The van der Waals surface area contributed by atoms with E-state index in [1.54, 1.807) is 6.07 Å². The molecule has 0 saturated heterocycles. The van der Waals surface area contributed by atoms with E-state index >= 15 is 0 Å². The summed E-state index contributed by atoms with van der Waals surface area (Å²) in [5.74, 6) is 0.0556. The number of carbonyl (C=O) groups excluding carboxylic acids is 1. The number of aromatic nitrogens is 1. The quantitative estimate of drug-likeness (QED) is 0.865. The fourth-order valence-electron chi connectivity index (χ4n) is 1.94. The van der Waals surface area contributed by atoms with Gasteiger partial charge in [-0.1, -0.05) is 15.9 Å². The molecule has 86 valence electrons. The number of benzene rings is 1. The maximum Gasteiger partial charge on any atom is 0.200 e. The van der Waals surface area contributed by atoms with Crippen molar-refractivity contribution in [3.05, 3.63) is 44.7 Å². The van der Waals surface area contributed by atoms with Gasteiger partial charge < -0.3 is 4.98 Å². The Kier molecular flexibility index (Phi) is 2.40. The maximum absolute atomic E-state index is 12.2. The van der Waals surface area contributed by atoms with Crippen LogP contribution >= 0.6 is 15.9 Å². The Balaban J connectivity index is 2.22. The molecule has 0 unspecified atom stereocenters. The summed E-state index contributed by atoms with van der Waals surface area (Å²) in [6.45, 7) is 0. The fourth-order valence-corrected chi connectivity index (χ4v) is 2.30. The van der Waals surface area contributed by atoms with Gasteiger partial charge in [-0.15, -0.1) is 0 Å². The van der Waals surface area contributed by atoms with Crippen molar-refractivity contribution in [2.45, 2.75) is 12.8 Å². The summed E-state index contributed by atoms with van der Waals surface area (Å²) >= 11 is 3.35. The van der Waals surface area contributed by atoms with Crippen LogP contribution in [0.3, 0.4) is 0 Å². The second-order valence-electron chi connectivity index (χ2n) is 4.36. The number of hydrogen-bond donors (Lipinski definition) is 1. The Morgan fingerprint density at radius 1 is 1.35 bits per heavy atom. The van der Waals surface area contributed by atoms with E-state index in [0.717, 1.165) is 22.8 Å². The molecule has 3 nitrogen and oxygen atoms in total. The number of halogens is 1. The van der Waals surface area contributed by atoms with Crippen molar-refractivity contribution in [3.63, 3.8) is 0 Å². The van der Waals surface area contributed by atoms with Crippen LogP contribution in [0.15, 0.2) is 33.7 Å². The van der Waals surface area contributed by atoms with Gasteiger partial charge in [0.25, 0.3) is 0 Å². The minimum Gasteiger partial charge on any atom is -0.360 e. The Labute approximate surface area is 106 Å². The Hall–Kier alpha value is -1.42. The van der Waals surface area contributed by atoms with E-state index in [-0.39, 0.29) is 17.1 Å². The smallest absolute Gasteiger partial charge is 0.200 e. The lowest BCUT2D eigenvalue weighted by Crippen LogP contribution is -2.17. The van der Waals surface area contributed by atoms with Gasteiger partial charge in [-0.25, -0.2) is 0 Å². The molecular weight excluding hydrogens is 282 g/mol. The molecule has 1 heterocycles. The molecule has 17 heavy (non-hydrogen) atoms. The van der Waals surface area contributed by atoms with E-state index in [1.165, 1.54) is 6.20 Å². The minimum absolute atomic E-state index is 0.0175. The molecule has 1 N–H and O–H groups in total. The predicted molar refractivity (Wildman–Crippen MR) is 69.3 cm³/mol. The summed E-state index contributed by atoms with van der Waals surface area (Å²) < 4.78 is 0.905. The highest BCUT2D eigenvalue weighted by molar-refractivity contribution is 9.10. The van der Waals surface area contributed by atoms with Crippen LogP contribution in [0.2, 0.25) is 0 Å². The van der Waals surface area contributed by atoms with Crippen LogP contribution in [0.4, 0.5) is 0 Å². The standard InChI is InChI=1S/C13H10BrNO2/c14-8-3-4-9-11(5-8)15-6-10(13(9)17)12(16)7-1-2-7/h3-7H,1-2H2,(H,15,17). The van der Waals surface area contributed by atoms with E-state index in [1.807, 2.05) is 12.1 Å². The van der Waals surface area contributed by atoms with Crippen molar-refractivity contribution >= 4 is 32.6 Å². The highest BCUT2D eigenvalue weighted by Crippen LogP contribution is 2.32. The van der Waals surface area contributed by atoms with E-state index in [0.29, 0.717) is 10.9 Å². The third-order valence-corrected chi connectivity index (χ3v) is 3.55. The molecule has 4 heteroatoms. The molecular formula is C13H10BrNO2. The summed E-state index contributed by atoms with van der Waals surface area (Å²) in [5.41, 5.74) is 0.877. The number of carbonyl (C=O) groups is 1. The van der Waals surface area contributed by atoms with E-state index in [9.17, 15) is 9.59 Å². The van der Waals surface area contributed by atoms with Gasteiger partial charge in [-0.2, -0.15) is 0 Å². The van der Waals surface area contributed by atoms with Gasteiger partial charge in [0.05, 0.1) is 11.1 Å². The van der Waals surface area contributed by atoms with Crippen LogP contribution in [-0.2, 0) is 0 Å². The van der Waals surface area contributed by atoms with Crippen LogP contribution < -0.4 is 5.43 Å². The first-order valence-corrected chi connectivity index (χ1v) is 6.31. The molecule has 0 atom stereocenters. The average Bonchev–Trinajstić information content (AvgIpc) is 3.12. The molecule has 0 aliphatic heterocycles. The zero-order valence-corrected chi connectivity index (χ0v) is 10.6. The van der Waals surface area contributed by atoms with Gasteiger partial charge in [0.2, 0.25) is 0 Å². The first-order valence-electron chi connectivity index (χ1n) is 5.52. The van der Waals surface area contributed by atoms with E-state index < -0.39 is 0 Å². The second-order valence-corrected chi connectivity index (χ2v) is 5.28. The topological polar surface area (TPSA) is 49.9 Å². The normalized spacial score (nSPS) is 15.1. The lowest BCUT2D eigenvalue weighted by atomic mass is 10.1. The molecule has 1 fully saturated rings. The highest BCUT2D eigenvalue weighted by atomic mass is 79.9. The lowest BCUT2D eigenvalue weighted by molar-refractivity contribution is 0.0966. The van der Waals surface area contributed by atoms with Gasteiger partial charge in [0.15, 0.2) is 11.2 Å². The zero-order chi connectivity index (χ0) is 12.0. The van der Waals surface area contributed by atoms with Crippen LogP contribution in [-0.4, -0.2) is 10.8 Å². The molecule has 3 rings (SSSR count). The number of ketones is 1. The molecule has 0 amide bonds. The first kappa shape index (κ1) is 10.7. The summed E-state index contributed by atoms with van der Waals surface area (Å²) in [6, 6.07) is 5.38. The number of rotatable bonds is 2. The van der Waals surface area contributed by atoms with Crippen molar-refractivity contribution in [2.75, 3.05) is 0 Å². The average molecular weight is 292 g/mol. The van der Waals surface area contributed by atoms with E-state index in [4.69, 9.17) is 0 Å². The van der Waals surface area contributed by atoms with Crippen molar-refractivity contribution in [3.8, 4) is 0 Å². The van der Waals surface area contributed by atoms with Crippen LogP contribution in [0.25, 0.3) is 10.9 Å². The van der Waals surface area contributed by atoms with Crippen LogP contribution in [0, 0.1) is 5.92 Å². The zero-order valence-electron chi connectivity index (χ0n) is 9.00. The number of aromatic amines is 1. The molecule has 2 aromatic rings. The molecule has 1 aromatic carbocycles. The number of pyridine rings is 1. The third kappa shape index (κ3) is 1.82. The van der Waals surface area contributed by atoms with Crippen molar-refractivity contribution < 1.29 is 4.79 Å². The number of H-pyrrole nitrogens is 1. The van der Waals surface area contributed by atoms with Crippen molar-refractivity contribution in [2.24, 2.45) is 5.92 Å². The molecule has 0 spiro atoms. The SMILES string of the molecule is O=C(c1c[nH]c2cc(Br)ccc2c1=O)C1CC1. The van der Waals surface area contributed by atoms with Gasteiger partial charge in [-0.3, -0.25) is 9.59 Å². The Bertz CT molecular complexity index is 671.